The largest absolute Gasteiger partial charge is 0.481 e. The van der Waals surface area contributed by atoms with Crippen LogP contribution in [0.3, 0.4) is 0 Å². The first-order valence-corrected chi connectivity index (χ1v) is 8.77. The predicted molar refractivity (Wildman–Crippen MR) is 76.5 cm³/mol. The molecule has 0 aromatic heterocycles. The van der Waals surface area contributed by atoms with Crippen LogP contribution in [0.5, 0.6) is 0 Å². The lowest BCUT2D eigenvalue weighted by Gasteiger charge is -2.30. The number of aliphatic carboxylic acids is 1. The summed E-state index contributed by atoms with van der Waals surface area (Å²) in [7, 11) is -3.11. The number of carbonyl (C=O) groups is 1. The summed E-state index contributed by atoms with van der Waals surface area (Å²) in [4.78, 5) is 13.2. The van der Waals surface area contributed by atoms with Crippen LogP contribution in [0.15, 0.2) is 0 Å². The Kier molecular flexibility index (Phi) is 6.42. The van der Waals surface area contributed by atoms with Gasteiger partial charge in [-0.15, -0.1) is 0 Å². The first kappa shape index (κ1) is 17.4. The van der Waals surface area contributed by atoms with Gasteiger partial charge < -0.3 is 9.84 Å². The number of sulfone groups is 1. The van der Waals surface area contributed by atoms with Crippen molar-refractivity contribution >= 4 is 15.8 Å². The highest BCUT2D eigenvalue weighted by molar-refractivity contribution is 7.92. The van der Waals surface area contributed by atoms with Gasteiger partial charge in [-0.3, -0.25) is 9.69 Å². The SMILES string of the molecule is CCCN(CCS(=O)(=O)C(C)C)C1COCC1C(=O)O. The van der Waals surface area contributed by atoms with E-state index in [1.807, 2.05) is 11.8 Å². The molecule has 1 saturated heterocycles. The van der Waals surface area contributed by atoms with Gasteiger partial charge in [0, 0.05) is 12.6 Å². The molecule has 0 spiro atoms. The second-order valence-electron chi connectivity index (χ2n) is 5.50. The second-order valence-corrected chi connectivity index (χ2v) is 8.18. The van der Waals surface area contributed by atoms with Crippen molar-refractivity contribution < 1.29 is 23.1 Å². The monoisotopic (exact) mass is 307 g/mol. The molecule has 7 heteroatoms. The zero-order valence-electron chi connectivity index (χ0n) is 12.4. The minimum Gasteiger partial charge on any atom is -0.481 e. The molecular formula is C13H25NO5S. The Balaban J connectivity index is 2.72. The third-order valence-corrected chi connectivity index (χ3v) is 5.92. The molecule has 0 amide bonds. The molecule has 0 saturated carbocycles. The van der Waals surface area contributed by atoms with E-state index in [4.69, 9.17) is 4.74 Å². The molecule has 1 heterocycles. The maximum atomic E-state index is 11.9. The average molecular weight is 307 g/mol. The van der Waals surface area contributed by atoms with Crippen LogP contribution in [-0.4, -0.2) is 67.7 Å². The van der Waals surface area contributed by atoms with Gasteiger partial charge in [0.1, 0.15) is 0 Å². The summed E-state index contributed by atoms with van der Waals surface area (Å²) in [5.41, 5.74) is 0. The summed E-state index contributed by atoms with van der Waals surface area (Å²) in [6.45, 7) is 6.94. The minimum atomic E-state index is -3.11. The van der Waals surface area contributed by atoms with Crippen LogP contribution in [0.4, 0.5) is 0 Å². The van der Waals surface area contributed by atoms with Crippen molar-refractivity contribution in [3.63, 3.8) is 0 Å². The normalized spacial score (nSPS) is 23.6. The van der Waals surface area contributed by atoms with Crippen LogP contribution >= 0.6 is 0 Å². The fourth-order valence-electron chi connectivity index (χ4n) is 2.35. The molecule has 1 rings (SSSR count). The van der Waals surface area contributed by atoms with Crippen molar-refractivity contribution in [1.82, 2.24) is 4.90 Å². The molecular weight excluding hydrogens is 282 g/mol. The van der Waals surface area contributed by atoms with Crippen LogP contribution in [0.25, 0.3) is 0 Å². The minimum absolute atomic E-state index is 0.0630. The van der Waals surface area contributed by atoms with E-state index in [-0.39, 0.29) is 18.4 Å². The van der Waals surface area contributed by atoms with E-state index in [9.17, 15) is 18.3 Å². The van der Waals surface area contributed by atoms with E-state index in [1.165, 1.54) is 0 Å². The summed E-state index contributed by atoms with van der Waals surface area (Å²) < 4.78 is 29.1. The van der Waals surface area contributed by atoms with Crippen LogP contribution < -0.4 is 0 Å². The van der Waals surface area contributed by atoms with Crippen LogP contribution in [0.2, 0.25) is 0 Å². The van der Waals surface area contributed by atoms with Crippen LogP contribution in [-0.2, 0) is 19.4 Å². The fraction of sp³-hybridized carbons (Fsp3) is 0.923. The predicted octanol–water partition coefficient (Wildman–Crippen LogP) is 0.621. The highest BCUT2D eigenvalue weighted by Crippen LogP contribution is 2.20. The molecule has 0 aromatic carbocycles. The molecule has 118 valence electrons. The van der Waals surface area contributed by atoms with Crippen molar-refractivity contribution in [2.75, 3.05) is 32.1 Å². The van der Waals surface area contributed by atoms with E-state index < -0.39 is 27.0 Å². The Morgan fingerprint density at radius 1 is 1.35 bits per heavy atom. The van der Waals surface area contributed by atoms with E-state index >= 15 is 0 Å². The summed E-state index contributed by atoms with van der Waals surface area (Å²) >= 11 is 0. The quantitative estimate of drug-likeness (QED) is 0.708. The number of hydrogen-bond donors (Lipinski definition) is 1. The van der Waals surface area contributed by atoms with Gasteiger partial charge >= 0.3 is 5.97 Å². The zero-order chi connectivity index (χ0) is 15.3. The molecule has 1 fully saturated rings. The molecule has 1 N–H and O–H groups in total. The third kappa shape index (κ3) is 4.43. The Morgan fingerprint density at radius 2 is 2.00 bits per heavy atom. The standard InChI is InChI=1S/C13H25NO5S/c1-4-5-14(6-7-20(17,18)10(2)3)12-9-19-8-11(12)13(15)16/h10-12H,4-9H2,1-3H3,(H,15,16). The lowest BCUT2D eigenvalue weighted by molar-refractivity contribution is -0.143. The van der Waals surface area contributed by atoms with Gasteiger partial charge in [0.05, 0.1) is 30.1 Å². The number of hydrogen-bond acceptors (Lipinski definition) is 5. The number of ether oxygens (including phenoxy) is 1. The topological polar surface area (TPSA) is 83.9 Å². The van der Waals surface area contributed by atoms with E-state index in [1.54, 1.807) is 13.8 Å². The fourth-order valence-corrected chi connectivity index (χ4v) is 3.31. The van der Waals surface area contributed by atoms with Crippen molar-refractivity contribution in [2.24, 2.45) is 5.92 Å². The molecule has 2 unspecified atom stereocenters. The maximum absolute atomic E-state index is 11.9. The van der Waals surface area contributed by atoms with Gasteiger partial charge in [-0.1, -0.05) is 6.92 Å². The van der Waals surface area contributed by atoms with Crippen LogP contribution in [0.1, 0.15) is 27.2 Å². The van der Waals surface area contributed by atoms with Crippen molar-refractivity contribution in [2.45, 2.75) is 38.5 Å². The highest BCUT2D eigenvalue weighted by Gasteiger charge is 2.38. The number of rotatable bonds is 8. The van der Waals surface area contributed by atoms with E-state index in [2.05, 4.69) is 0 Å². The molecule has 2 atom stereocenters. The Hall–Kier alpha value is -0.660. The smallest absolute Gasteiger partial charge is 0.310 e. The van der Waals surface area contributed by atoms with Gasteiger partial charge in [0.25, 0.3) is 0 Å². The van der Waals surface area contributed by atoms with Gasteiger partial charge in [-0.05, 0) is 26.8 Å². The zero-order valence-corrected chi connectivity index (χ0v) is 13.2. The highest BCUT2D eigenvalue weighted by atomic mass is 32.2. The van der Waals surface area contributed by atoms with Crippen molar-refractivity contribution in [1.29, 1.82) is 0 Å². The lowest BCUT2D eigenvalue weighted by atomic mass is 10.0. The van der Waals surface area contributed by atoms with Gasteiger partial charge in [-0.2, -0.15) is 0 Å². The second kappa shape index (κ2) is 7.38. The molecule has 0 aliphatic carbocycles. The molecule has 0 radical (unpaired) electrons. The van der Waals surface area contributed by atoms with Gasteiger partial charge in [0.2, 0.25) is 0 Å². The number of carboxylic acids is 1. The molecule has 20 heavy (non-hydrogen) atoms. The number of carboxylic acid groups (broad SMARTS) is 1. The van der Waals surface area contributed by atoms with E-state index in [0.717, 1.165) is 6.42 Å². The van der Waals surface area contributed by atoms with Crippen LogP contribution in [0, 0.1) is 5.92 Å². The Morgan fingerprint density at radius 3 is 2.50 bits per heavy atom. The summed E-state index contributed by atoms with van der Waals surface area (Å²) in [6.07, 6.45) is 0.852. The van der Waals surface area contributed by atoms with Crippen molar-refractivity contribution in [3.05, 3.63) is 0 Å². The first-order chi connectivity index (χ1) is 9.29. The molecule has 0 aromatic rings. The Bertz CT molecular complexity index is 420. The maximum Gasteiger partial charge on any atom is 0.310 e. The summed E-state index contributed by atoms with van der Waals surface area (Å²) in [5.74, 6) is -1.38. The molecule has 1 aliphatic heterocycles. The molecule has 1 aliphatic rings. The van der Waals surface area contributed by atoms with Crippen molar-refractivity contribution in [3.8, 4) is 0 Å². The number of nitrogens with zero attached hydrogens (tertiary/aromatic N) is 1. The molecule has 6 nitrogen and oxygen atoms in total. The van der Waals surface area contributed by atoms with Gasteiger partial charge in [-0.25, -0.2) is 8.42 Å². The lowest BCUT2D eigenvalue weighted by Crippen LogP contribution is -2.45. The Labute approximate surface area is 121 Å². The molecule has 0 bridgehead atoms. The first-order valence-electron chi connectivity index (χ1n) is 7.05. The van der Waals surface area contributed by atoms with Gasteiger partial charge in [0.15, 0.2) is 9.84 Å². The average Bonchev–Trinajstić information content (AvgIpc) is 2.83. The summed E-state index contributed by atoms with van der Waals surface area (Å²) in [6, 6.07) is -0.227. The summed E-state index contributed by atoms with van der Waals surface area (Å²) in [5, 5.41) is 8.79. The third-order valence-electron chi connectivity index (χ3n) is 3.73. The van der Waals surface area contributed by atoms with E-state index in [0.29, 0.717) is 19.7 Å².